The lowest BCUT2D eigenvalue weighted by atomic mass is 10.2. The van der Waals surface area contributed by atoms with E-state index in [2.05, 4.69) is 34.9 Å². The Morgan fingerprint density at radius 2 is 1.61 bits per heavy atom. The van der Waals surface area contributed by atoms with Crippen LogP contribution in [0.4, 0.5) is 0 Å². The summed E-state index contributed by atoms with van der Waals surface area (Å²) in [6.45, 7) is 0.741. The summed E-state index contributed by atoms with van der Waals surface area (Å²) >= 11 is 6.14. The van der Waals surface area contributed by atoms with E-state index in [-0.39, 0.29) is 0 Å². The molecule has 0 aliphatic rings. The molecule has 0 amide bonds. The maximum Gasteiger partial charge on any atom is 0.141 e. The largest absolute Gasteiger partial charge is 0.319 e. The van der Waals surface area contributed by atoms with Crippen LogP contribution >= 0.6 is 11.6 Å². The molecule has 2 nitrogen and oxygen atoms in total. The first-order chi connectivity index (χ1) is 11.3. The van der Waals surface area contributed by atoms with E-state index < -0.39 is 0 Å². The third-order valence-electron chi connectivity index (χ3n) is 3.92. The molecular weight excluding hydrogens is 304 g/mol. The van der Waals surface area contributed by atoms with Crippen molar-refractivity contribution in [2.75, 3.05) is 0 Å². The minimum Gasteiger partial charge on any atom is -0.319 e. The van der Waals surface area contributed by atoms with Crippen LogP contribution < -0.4 is 0 Å². The number of halogens is 1. The minimum atomic E-state index is 0.741. The van der Waals surface area contributed by atoms with Crippen LogP contribution in [0.2, 0.25) is 5.02 Å². The van der Waals surface area contributed by atoms with Gasteiger partial charge in [-0.15, -0.1) is 0 Å². The third kappa shape index (κ3) is 2.73. The molecule has 0 aliphatic heterocycles. The molecule has 0 spiro atoms. The maximum absolute atomic E-state index is 6.14. The highest BCUT2D eigenvalue weighted by molar-refractivity contribution is 6.30. The van der Waals surface area contributed by atoms with Crippen molar-refractivity contribution in [1.82, 2.24) is 9.55 Å². The quantitative estimate of drug-likeness (QED) is 0.494. The highest BCUT2D eigenvalue weighted by atomic mass is 35.5. The molecule has 3 heteroatoms. The zero-order chi connectivity index (χ0) is 15.6. The van der Waals surface area contributed by atoms with Crippen LogP contribution in [-0.2, 0) is 6.54 Å². The Labute approximate surface area is 140 Å². The van der Waals surface area contributed by atoms with Crippen LogP contribution in [0.1, 0.15) is 5.56 Å². The molecule has 3 aromatic carbocycles. The Balaban J connectivity index is 1.89. The number of rotatable bonds is 3. The molecule has 0 saturated heterocycles. The predicted molar refractivity (Wildman–Crippen MR) is 95.7 cm³/mol. The zero-order valence-corrected chi connectivity index (χ0v) is 13.2. The fourth-order valence-electron chi connectivity index (χ4n) is 2.86. The molecule has 4 rings (SSSR count). The fourth-order valence-corrected chi connectivity index (χ4v) is 3.07. The Kier molecular flexibility index (Phi) is 3.60. The molecule has 0 radical (unpaired) electrons. The second kappa shape index (κ2) is 5.90. The number of para-hydroxylation sites is 2. The van der Waals surface area contributed by atoms with E-state index in [1.807, 2.05) is 48.5 Å². The van der Waals surface area contributed by atoms with Crippen LogP contribution in [0.15, 0.2) is 78.9 Å². The molecule has 0 saturated carbocycles. The number of benzene rings is 3. The van der Waals surface area contributed by atoms with Gasteiger partial charge in [0.2, 0.25) is 0 Å². The van der Waals surface area contributed by atoms with E-state index in [1.165, 1.54) is 0 Å². The van der Waals surface area contributed by atoms with E-state index in [9.17, 15) is 0 Å². The smallest absolute Gasteiger partial charge is 0.141 e. The summed E-state index contributed by atoms with van der Waals surface area (Å²) in [5.74, 6) is 0.978. The minimum absolute atomic E-state index is 0.741. The van der Waals surface area contributed by atoms with Crippen molar-refractivity contribution in [2.24, 2.45) is 0 Å². The second-order valence-electron chi connectivity index (χ2n) is 5.51. The zero-order valence-electron chi connectivity index (χ0n) is 12.5. The van der Waals surface area contributed by atoms with E-state index in [0.29, 0.717) is 0 Å². The van der Waals surface area contributed by atoms with Gasteiger partial charge in [0.15, 0.2) is 0 Å². The molecule has 0 bridgehead atoms. The first kappa shape index (κ1) is 14.0. The standard InChI is InChI=1S/C20H15ClN2/c21-17-10-6-7-15(13-17)14-23-19-12-5-4-11-18(19)22-20(23)16-8-2-1-3-9-16/h1-13H,14H2. The van der Waals surface area contributed by atoms with E-state index in [0.717, 1.165) is 39.6 Å². The van der Waals surface area contributed by atoms with Gasteiger partial charge >= 0.3 is 0 Å². The topological polar surface area (TPSA) is 17.8 Å². The number of hydrogen-bond donors (Lipinski definition) is 0. The van der Waals surface area contributed by atoms with Gasteiger partial charge in [-0.2, -0.15) is 0 Å². The molecule has 0 unspecified atom stereocenters. The van der Waals surface area contributed by atoms with Gasteiger partial charge < -0.3 is 4.57 Å². The summed E-state index contributed by atoms with van der Waals surface area (Å²) in [6, 6.07) is 26.5. The van der Waals surface area contributed by atoms with Crippen LogP contribution in [0.25, 0.3) is 22.4 Å². The monoisotopic (exact) mass is 318 g/mol. The van der Waals surface area contributed by atoms with Gasteiger partial charge in [-0.1, -0.05) is 66.2 Å². The summed E-state index contributed by atoms with van der Waals surface area (Å²) in [4.78, 5) is 4.83. The van der Waals surface area contributed by atoms with Gasteiger partial charge in [0.25, 0.3) is 0 Å². The highest BCUT2D eigenvalue weighted by Crippen LogP contribution is 2.26. The Morgan fingerprint density at radius 3 is 2.43 bits per heavy atom. The van der Waals surface area contributed by atoms with Gasteiger partial charge in [0.05, 0.1) is 11.0 Å². The van der Waals surface area contributed by atoms with Gasteiger partial charge in [0.1, 0.15) is 5.82 Å². The van der Waals surface area contributed by atoms with Gasteiger partial charge in [0, 0.05) is 17.1 Å². The lowest BCUT2D eigenvalue weighted by Gasteiger charge is -2.10. The molecule has 0 atom stereocenters. The molecule has 1 heterocycles. The average Bonchev–Trinajstić information content (AvgIpc) is 2.95. The SMILES string of the molecule is Clc1cccc(Cn2c(-c3ccccc3)nc3ccccc32)c1. The maximum atomic E-state index is 6.14. The van der Waals surface area contributed by atoms with Crippen LogP contribution in [0.3, 0.4) is 0 Å². The van der Waals surface area contributed by atoms with Crippen molar-refractivity contribution < 1.29 is 0 Å². The molecule has 112 valence electrons. The second-order valence-corrected chi connectivity index (χ2v) is 5.94. The molecule has 0 N–H and O–H groups in total. The Morgan fingerprint density at radius 1 is 0.826 bits per heavy atom. The summed E-state index contributed by atoms with van der Waals surface area (Å²) in [6.07, 6.45) is 0. The van der Waals surface area contributed by atoms with Gasteiger partial charge in [-0.3, -0.25) is 0 Å². The fraction of sp³-hybridized carbons (Fsp3) is 0.0500. The first-order valence-corrected chi connectivity index (χ1v) is 7.94. The van der Waals surface area contributed by atoms with Gasteiger partial charge in [-0.25, -0.2) is 4.98 Å². The van der Waals surface area contributed by atoms with E-state index >= 15 is 0 Å². The Hall–Kier alpha value is -2.58. The third-order valence-corrected chi connectivity index (χ3v) is 4.15. The number of imidazole rings is 1. The number of hydrogen-bond acceptors (Lipinski definition) is 1. The molecular formula is C20H15ClN2. The number of fused-ring (bicyclic) bond motifs is 1. The molecule has 1 aromatic heterocycles. The van der Waals surface area contributed by atoms with Crippen molar-refractivity contribution in [1.29, 1.82) is 0 Å². The molecule has 4 aromatic rings. The van der Waals surface area contributed by atoms with Crippen LogP contribution in [0, 0.1) is 0 Å². The number of aromatic nitrogens is 2. The summed E-state index contributed by atoms with van der Waals surface area (Å²) < 4.78 is 2.25. The van der Waals surface area contributed by atoms with Crippen molar-refractivity contribution in [2.45, 2.75) is 6.54 Å². The summed E-state index contributed by atoms with van der Waals surface area (Å²) in [5.41, 5.74) is 4.42. The van der Waals surface area contributed by atoms with Crippen LogP contribution in [0.5, 0.6) is 0 Å². The van der Waals surface area contributed by atoms with Crippen LogP contribution in [-0.4, -0.2) is 9.55 Å². The molecule has 0 fully saturated rings. The Bertz CT molecular complexity index is 958. The normalized spacial score (nSPS) is 11.0. The molecule has 0 aliphatic carbocycles. The highest BCUT2D eigenvalue weighted by Gasteiger charge is 2.12. The van der Waals surface area contributed by atoms with E-state index in [4.69, 9.17) is 16.6 Å². The van der Waals surface area contributed by atoms with Crippen molar-refractivity contribution >= 4 is 22.6 Å². The number of nitrogens with zero attached hydrogens (tertiary/aromatic N) is 2. The summed E-state index contributed by atoms with van der Waals surface area (Å²) in [7, 11) is 0. The average molecular weight is 319 g/mol. The lowest BCUT2D eigenvalue weighted by Crippen LogP contribution is -2.02. The van der Waals surface area contributed by atoms with Crippen molar-refractivity contribution in [3.8, 4) is 11.4 Å². The lowest BCUT2D eigenvalue weighted by molar-refractivity contribution is 0.834. The predicted octanol–water partition coefficient (Wildman–Crippen LogP) is 5.41. The van der Waals surface area contributed by atoms with Gasteiger partial charge in [-0.05, 0) is 29.8 Å². The summed E-state index contributed by atoms with van der Waals surface area (Å²) in [5, 5.41) is 0.758. The van der Waals surface area contributed by atoms with E-state index in [1.54, 1.807) is 0 Å². The first-order valence-electron chi connectivity index (χ1n) is 7.56. The van der Waals surface area contributed by atoms with Crippen molar-refractivity contribution in [3.63, 3.8) is 0 Å². The van der Waals surface area contributed by atoms with Crippen molar-refractivity contribution in [3.05, 3.63) is 89.4 Å². The molecule has 23 heavy (non-hydrogen) atoms.